The zero-order valence-corrected chi connectivity index (χ0v) is 14.2. The molecule has 0 radical (unpaired) electrons. The number of thiol groups is 1. The molecule has 1 aromatic rings. The third-order valence-electron chi connectivity index (χ3n) is 2.06. The van der Waals surface area contributed by atoms with Crippen molar-refractivity contribution in [1.29, 1.82) is 0 Å². The van der Waals surface area contributed by atoms with E-state index in [0.717, 1.165) is 8.04 Å². The van der Waals surface area contributed by atoms with Gasteiger partial charge >= 0.3 is 0 Å². The molecule has 0 bridgehead atoms. The van der Waals surface area contributed by atoms with Gasteiger partial charge in [-0.1, -0.05) is 0 Å². The van der Waals surface area contributed by atoms with Crippen LogP contribution in [0, 0.1) is 3.57 Å². The maximum atomic E-state index is 11.9. The van der Waals surface area contributed by atoms with E-state index >= 15 is 0 Å². The Kier molecular flexibility index (Phi) is 6.44. The van der Waals surface area contributed by atoms with Crippen LogP contribution >= 0.6 is 51.1 Å². The summed E-state index contributed by atoms with van der Waals surface area (Å²) >= 11 is 9.62. The smallest absolute Gasteiger partial charge is 0.247 e. The van der Waals surface area contributed by atoms with Crippen LogP contribution in [-0.4, -0.2) is 23.6 Å². The van der Waals surface area contributed by atoms with Crippen LogP contribution < -0.4 is 10.6 Å². The molecule has 98 valence electrons. The summed E-state index contributed by atoms with van der Waals surface area (Å²) in [6, 6.07) is 4.86. The van der Waals surface area contributed by atoms with Crippen LogP contribution in [-0.2, 0) is 9.59 Å². The first-order valence-corrected chi connectivity index (χ1v) is 7.58. The van der Waals surface area contributed by atoms with E-state index in [1.807, 2.05) is 12.1 Å². The fourth-order valence-electron chi connectivity index (χ4n) is 1.24. The lowest BCUT2D eigenvalue weighted by Gasteiger charge is -2.15. The maximum Gasteiger partial charge on any atom is 0.247 e. The van der Waals surface area contributed by atoms with Crippen LogP contribution in [0.25, 0.3) is 0 Å². The number of amides is 2. The summed E-state index contributed by atoms with van der Waals surface area (Å²) in [5.74, 6) is -0.293. The first-order chi connectivity index (χ1) is 8.43. The van der Waals surface area contributed by atoms with Crippen LogP contribution in [0.4, 0.5) is 5.69 Å². The minimum atomic E-state index is -0.635. The van der Waals surface area contributed by atoms with Gasteiger partial charge in [0.15, 0.2) is 0 Å². The molecule has 2 N–H and O–H groups in total. The van der Waals surface area contributed by atoms with Gasteiger partial charge < -0.3 is 10.6 Å². The molecule has 1 atom stereocenters. The summed E-state index contributed by atoms with van der Waals surface area (Å²) in [4.78, 5) is 22.8. The van der Waals surface area contributed by atoms with Crippen molar-refractivity contribution in [1.82, 2.24) is 5.32 Å². The predicted octanol–water partition coefficient (Wildman–Crippen LogP) is 2.43. The van der Waals surface area contributed by atoms with Gasteiger partial charge in [0.25, 0.3) is 0 Å². The topological polar surface area (TPSA) is 58.2 Å². The van der Waals surface area contributed by atoms with Crippen LogP contribution in [0.2, 0.25) is 0 Å². The molecular formula is C11H12BrIN2O2S. The molecule has 0 fully saturated rings. The molecule has 0 spiro atoms. The van der Waals surface area contributed by atoms with Gasteiger partial charge in [0.2, 0.25) is 11.8 Å². The molecular weight excluding hydrogens is 431 g/mol. The molecule has 0 heterocycles. The Balaban J connectivity index is 2.73. The zero-order chi connectivity index (χ0) is 13.7. The Labute approximate surface area is 133 Å². The average molecular weight is 443 g/mol. The van der Waals surface area contributed by atoms with E-state index in [9.17, 15) is 9.59 Å². The Morgan fingerprint density at radius 2 is 2.17 bits per heavy atom. The summed E-state index contributed by atoms with van der Waals surface area (Å²) in [7, 11) is 0. The van der Waals surface area contributed by atoms with Crippen molar-refractivity contribution in [3.05, 3.63) is 26.2 Å². The van der Waals surface area contributed by atoms with Crippen molar-refractivity contribution in [2.75, 3.05) is 11.1 Å². The van der Waals surface area contributed by atoms with Crippen molar-refractivity contribution in [2.24, 2.45) is 0 Å². The Morgan fingerprint density at radius 1 is 1.50 bits per heavy atom. The minimum Gasteiger partial charge on any atom is -0.344 e. The molecule has 0 aliphatic rings. The van der Waals surface area contributed by atoms with Gasteiger partial charge in [0.05, 0.1) is 0 Å². The van der Waals surface area contributed by atoms with Crippen LogP contribution in [0.15, 0.2) is 22.7 Å². The van der Waals surface area contributed by atoms with Crippen molar-refractivity contribution in [2.45, 2.75) is 13.0 Å². The van der Waals surface area contributed by atoms with E-state index in [1.54, 1.807) is 6.07 Å². The van der Waals surface area contributed by atoms with E-state index in [-0.39, 0.29) is 17.6 Å². The molecule has 18 heavy (non-hydrogen) atoms. The molecule has 0 saturated carbocycles. The fraction of sp³-hybridized carbons (Fsp3) is 0.273. The highest BCUT2D eigenvalue weighted by Gasteiger charge is 2.17. The number of carbonyl (C=O) groups excluding carboxylic acids is 2. The fourth-order valence-corrected chi connectivity index (χ4v) is 2.21. The first-order valence-electron chi connectivity index (χ1n) is 5.08. The zero-order valence-electron chi connectivity index (χ0n) is 9.54. The monoisotopic (exact) mass is 442 g/mol. The Hall–Kier alpha value is -0.280. The van der Waals surface area contributed by atoms with Crippen LogP contribution in [0.3, 0.4) is 0 Å². The highest BCUT2D eigenvalue weighted by atomic mass is 127. The normalized spacial score (nSPS) is 11.8. The molecule has 0 aliphatic carbocycles. The van der Waals surface area contributed by atoms with Gasteiger partial charge in [-0.3, -0.25) is 9.59 Å². The number of hydrogen-bond donors (Lipinski definition) is 3. The molecule has 0 aliphatic heterocycles. The van der Waals surface area contributed by atoms with Crippen LogP contribution in [0.1, 0.15) is 6.92 Å². The summed E-state index contributed by atoms with van der Waals surface area (Å²) in [6.07, 6.45) is 0. The Bertz CT molecular complexity index is 470. The van der Waals surface area contributed by atoms with Crippen molar-refractivity contribution >= 4 is 68.7 Å². The molecule has 2 amide bonds. The lowest BCUT2D eigenvalue weighted by Crippen LogP contribution is -2.44. The highest BCUT2D eigenvalue weighted by Crippen LogP contribution is 2.22. The summed E-state index contributed by atoms with van der Waals surface area (Å²) in [5, 5.41) is 5.27. The van der Waals surface area contributed by atoms with Crippen LogP contribution in [0.5, 0.6) is 0 Å². The van der Waals surface area contributed by atoms with Crippen molar-refractivity contribution in [3.63, 3.8) is 0 Å². The highest BCUT2D eigenvalue weighted by molar-refractivity contribution is 14.1. The number of benzene rings is 1. The minimum absolute atomic E-state index is 0.247. The number of halogens is 2. The second-order valence-electron chi connectivity index (χ2n) is 3.55. The van der Waals surface area contributed by atoms with E-state index in [1.165, 1.54) is 6.92 Å². The van der Waals surface area contributed by atoms with E-state index < -0.39 is 6.04 Å². The number of rotatable bonds is 4. The summed E-state index contributed by atoms with van der Waals surface area (Å²) < 4.78 is 1.96. The molecule has 1 unspecified atom stereocenters. The van der Waals surface area contributed by atoms with E-state index in [0.29, 0.717) is 5.69 Å². The standard InChI is InChI=1S/C11H12BrIN2O2S/c1-6(16)14-10(5-18)11(17)15-7-2-3-9(13)8(12)4-7/h2-4,10,18H,5H2,1H3,(H,14,16)(H,15,17). The van der Waals surface area contributed by atoms with Gasteiger partial charge in [-0.15, -0.1) is 0 Å². The van der Waals surface area contributed by atoms with Crippen molar-refractivity contribution in [3.8, 4) is 0 Å². The number of anilines is 1. The van der Waals surface area contributed by atoms with Gasteiger partial charge in [0.1, 0.15) is 6.04 Å². The third kappa shape index (κ3) is 4.77. The van der Waals surface area contributed by atoms with E-state index in [2.05, 4.69) is 61.8 Å². The van der Waals surface area contributed by atoms with Gasteiger partial charge in [-0.05, 0) is 56.7 Å². The van der Waals surface area contributed by atoms with Gasteiger partial charge in [-0.2, -0.15) is 12.6 Å². The lowest BCUT2D eigenvalue weighted by molar-refractivity contribution is -0.124. The second kappa shape index (κ2) is 7.34. The van der Waals surface area contributed by atoms with Gasteiger partial charge in [0, 0.05) is 26.4 Å². The van der Waals surface area contributed by atoms with Gasteiger partial charge in [-0.25, -0.2) is 0 Å². The molecule has 1 aromatic carbocycles. The molecule has 0 aromatic heterocycles. The second-order valence-corrected chi connectivity index (χ2v) is 5.94. The molecule has 0 saturated heterocycles. The summed E-state index contributed by atoms with van der Waals surface area (Å²) in [6.45, 7) is 1.37. The number of carbonyl (C=O) groups is 2. The average Bonchev–Trinajstić information content (AvgIpc) is 2.30. The SMILES string of the molecule is CC(=O)NC(CS)C(=O)Nc1ccc(I)c(Br)c1. The summed E-state index contributed by atoms with van der Waals surface area (Å²) in [5.41, 5.74) is 0.671. The van der Waals surface area contributed by atoms with E-state index in [4.69, 9.17) is 0 Å². The predicted molar refractivity (Wildman–Crippen MR) is 86.9 cm³/mol. The Morgan fingerprint density at radius 3 is 2.67 bits per heavy atom. The van der Waals surface area contributed by atoms with Crippen molar-refractivity contribution < 1.29 is 9.59 Å². The largest absolute Gasteiger partial charge is 0.344 e. The molecule has 1 rings (SSSR count). The molecule has 4 nitrogen and oxygen atoms in total. The number of hydrogen-bond acceptors (Lipinski definition) is 3. The first kappa shape index (κ1) is 15.8. The number of nitrogens with one attached hydrogen (secondary N) is 2. The quantitative estimate of drug-likeness (QED) is 0.495. The molecule has 7 heteroatoms. The third-order valence-corrected chi connectivity index (χ3v) is 4.77. The lowest BCUT2D eigenvalue weighted by atomic mass is 10.2. The maximum absolute atomic E-state index is 11.9.